The van der Waals surface area contributed by atoms with E-state index in [1.54, 1.807) is 17.4 Å². The van der Waals surface area contributed by atoms with E-state index in [1.165, 1.54) is 10.1 Å². The first-order valence-electron chi connectivity index (χ1n) is 23.9. The number of aromatic nitrogens is 3. The molecule has 12 rings (SSSR count). The van der Waals surface area contributed by atoms with Crippen LogP contribution in [0.4, 0.5) is 0 Å². The zero-order valence-electron chi connectivity index (χ0n) is 40.5. The van der Waals surface area contributed by atoms with Gasteiger partial charge in [-0.25, -0.2) is 15.0 Å². The van der Waals surface area contributed by atoms with Crippen molar-refractivity contribution in [2.24, 2.45) is 0 Å². The number of thiophene rings is 2. The van der Waals surface area contributed by atoms with E-state index in [0.717, 1.165) is 54.8 Å². The molecule has 0 amide bonds. The molecule has 3 nitrogen and oxygen atoms in total. The van der Waals surface area contributed by atoms with E-state index in [-0.39, 0.29) is 51.8 Å². The summed E-state index contributed by atoms with van der Waals surface area (Å²) in [4.78, 5) is 15.4. The minimum absolute atomic E-state index is 0.0717. The molecule has 0 aliphatic rings. The molecule has 0 atom stereocenters. The fourth-order valence-electron chi connectivity index (χ4n) is 8.01. The van der Waals surface area contributed by atoms with Gasteiger partial charge in [-0.3, -0.25) is 0 Å². The van der Waals surface area contributed by atoms with E-state index in [1.807, 2.05) is 66.7 Å². The van der Waals surface area contributed by atoms with Crippen LogP contribution in [-0.2, 0) is 0 Å². The first-order chi connectivity index (χ1) is 33.5. The van der Waals surface area contributed by atoms with Gasteiger partial charge in [-0.1, -0.05) is 176 Å². The molecule has 0 aliphatic heterocycles. The summed E-state index contributed by atoms with van der Waals surface area (Å²) >= 11 is 2.81. The normalized spacial score (nSPS) is 13.8. The van der Waals surface area contributed by atoms with Gasteiger partial charge in [0.05, 0.1) is 12.3 Å². The SMILES string of the molecule is [2H]c1c([2H])c([2H])c2c(sc3c4c([2H])c([2H])c([2H])c([2H])c4c([2H])c([2H])c32)c1-c1cccc(-c2nc(-c3cccc(-c4ccccc4)c3)nc(-c3ccc4c(c3)sc3cccc(-c5ccccc5)c34)n2)c1. The van der Waals surface area contributed by atoms with Crippen molar-refractivity contribution in [1.82, 2.24) is 15.0 Å². The fourth-order valence-corrected chi connectivity index (χ4v) is 10.4. The molecule has 3 heterocycles. The van der Waals surface area contributed by atoms with Gasteiger partial charge in [0.25, 0.3) is 0 Å². The van der Waals surface area contributed by atoms with Crippen molar-refractivity contribution in [3.05, 3.63) is 200 Å². The second-order valence-corrected chi connectivity index (χ2v) is 16.6. The molecule has 3 aromatic heterocycles. The van der Waals surface area contributed by atoms with Gasteiger partial charge in [-0.2, -0.15) is 0 Å². The molecule has 0 radical (unpaired) electrons. The molecule has 9 aromatic carbocycles. The summed E-state index contributed by atoms with van der Waals surface area (Å²) in [5, 5.41) is 2.63. The molecule has 0 unspecified atom stereocenters. The minimum atomic E-state index is -0.506. The maximum atomic E-state index is 9.31. The van der Waals surface area contributed by atoms with Gasteiger partial charge >= 0.3 is 0 Å². The van der Waals surface area contributed by atoms with Crippen LogP contribution in [-0.4, -0.2) is 15.0 Å². The van der Waals surface area contributed by atoms with E-state index in [4.69, 9.17) is 25.9 Å². The lowest BCUT2D eigenvalue weighted by Gasteiger charge is -2.11. The quantitative estimate of drug-likeness (QED) is 0.168. The summed E-state index contributed by atoms with van der Waals surface area (Å²) in [7, 11) is 0. The first kappa shape index (κ1) is 26.6. The van der Waals surface area contributed by atoms with Gasteiger partial charge in [0.2, 0.25) is 0 Å². The largest absolute Gasteiger partial charge is 0.208 e. The molecule has 0 spiro atoms. The Morgan fingerprint density at radius 3 is 1.75 bits per heavy atom. The molecule has 12 aromatic rings. The first-order valence-corrected chi connectivity index (χ1v) is 21.0. The van der Waals surface area contributed by atoms with Crippen LogP contribution in [0.15, 0.2) is 200 Å². The van der Waals surface area contributed by atoms with Crippen LogP contribution in [0, 0.1) is 0 Å². The predicted molar refractivity (Wildman–Crippen MR) is 256 cm³/mol. The zero-order chi connectivity index (χ0) is 47.4. The highest BCUT2D eigenvalue weighted by atomic mass is 32.1. The molecular formula is C55H33N3S2. The Bertz CT molecular complexity index is 4140. The maximum Gasteiger partial charge on any atom is 0.164 e. The highest BCUT2D eigenvalue weighted by molar-refractivity contribution is 7.27. The Hall–Kier alpha value is -7.31. The second-order valence-electron chi connectivity index (χ2n) is 14.5. The smallest absolute Gasteiger partial charge is 0.164 e. The van der Waals surface area contributed by atoms with E-state index < -0.39 is 24.2 Å². The van der Waals surface area contributed by atoms with Crippen LogP contribution in [0.3, 0.4) is 0 Å². The Labute approximate surface area is 367 Å². The number of hydrogen-bond acceptors (Lipinski definition) is 5. The second kappa shape index (κ2) is 14.2. The standard InChI is InChI=1S/C55H33N3S2/c1-3-13-34(14-4-1)37-18-9-20-39(31-37)53-56-54(58-55(57-53)41-28-30-47-49(33-41)59-48-26-12-23-42(50(47)48)35-15-5-2-6-16-35)40-21-10-19-38(32-40)44-24-11-25-45-46-29-27-36-17-7-8-22-43(36)51(46)60-52(44)45/h1-33H/i7D,8D,11D,17D,22D,24D,25D,27D,29D. The van der Waals surface area contributed by atoms with Crippen molar-refractivity contribution in [3.8, 4) is 67.5 Å². The molecule has 0 aliphatic carbocycles. The summed E-state index contributed by atoms with van der Waals surface area (Å²) in [6.07, 6.45) is 0. The summed E-state index contributed by atoms with van der Waals surface area (Å²) in [5.74, 6) is 1.27. The number of fused-ring (bicyclic) bond motifs is 8. The summed E-state index contributed by atoms with van der Waals surface area (Å²) < 4.78 is 82.7. The monoisotopic (exact) mass is 808 g/mol. The highest BCUT2D eigenvalue weighted by Crippen LogP contribution is 2.44. The molecule has 60 heavy (non-hydrogen) atoms. The van der Waals surface area contributed by atoms with Crippen molar-refractivity contribution >= 4 is 73.8 Å². The molecular weight excluding hydrogens is 767 g/mol. The van der Waals surface area contributed by atoms with Gasteiger partial charge in [-0.05, 0) is 68.4 Å². The Balaban J connectivity index is 1.06. The maximum absolute atomic E-state index is 9.31. The third-order valence-corrected chi connectivity index (χ3v) is 13.2. The van der Waals surface area contributed by atoms with Crippen molar-refractivity contribution in [3.63, 3.8) is 0 Å². The number of benzene rings is 9. The van der Waals surface area contributed by atoms with Gasteiger partial charge in [0.15, 0.2) is 17.5 Å². The van der Waals surface area contributed by atoms with E-state index in [0.29, 0.717) is 43.6 Å². The van der Waals surface area contributed by atoms with E-state index >= 15 is 0 Å². The Morgan fingerprint density at radius 1 is 0.350 bits per heavy atom. The van der Waals surface area contributed by atoms with Crippen LogP contribution in [0.5, 0.6) is 0 Å². The van der Waals surface area contributed by atoms with Gasteiger partial charge in [-0.15, -0.1) is 22.7 Å². The van der Waals surface area contributed by atoms with Crippen molar-refractivity contribution in [2.75, 3.05) is 0 Å². The van der Waals surface area contributed by atoms with Crippen LogP contribution in [0.25, 0.3) is 119 Å². The molecule has 0 N–H and O–H groups in total. The third kappa shape index (κ3) is 5.90. The predicted octanol–water partition coefficient (Wildman–Crippen LogP) is 15.8. The van der Waals surface area contributed by atoms with Crippen molar-refractivity contribution in [1.29, 1.82) is 0 Å². The van der Waals surface area contributed by atoms with E-state index in [9.17, 15) is 1.37 Å². The molecule has 0 saturated heterocycles. The van der Waals surface area contributed by atoms with Crippen molar-refractivity contribution in [2.45, 2.75) is 0 Å². The molecule has 0 saturated carbocycles. The number of nitrogens with zero attached hydrogens (tertiary/aromatic N) is 3. The zero-order valence-corrected chi connectivity index (χ0v) is 33.1. The Kier molecular flexibility index (Phi) is 6.31. The lowest BCUT2D eigenvalue weighted by atomic mass is 9.99. The summed E-state index contributed by atoms with van der Waals surface area (Å²) in [5.41, 5.74) is 7.34. The summed E-state index contributed by atoms with van der Waals surface area (Å²) in [6, 6.07) is 45.2. The minimum Gasteiger partial charge on any atom is -0.208 e. The van der Waals surface area contributed by atoms with Crippen LogP contribution in [0.2, 0.25) is 0 Å². The summed E-state index contributed by atoms with van der Waals surface area (Å²) in [6.45, 7) is 0. The van der Waals surface area contributed by atoms with Crippen LogP contribution in [0.1, 0.15) is 12.3 Å². The third-order valence-electron chi connectivity index (χ3n) is 10.9. The van der Waals surface area contributed by atoms with Crippen LogP contribution < -0.4 is 0 Å². The molecule has 5 heteroatoms. The topological polar surface area (TPSA) is 38.7 Å². The average Bonchev–Trinajstić information content (AvgIpc) is 3.97. The lowest BCUT2D eigenvalue weighted by molar-refractivity contribution is 1.07. The average molecular weight is 809 g/mol. The van der Waals surface area contributed by atoms with E-state index in [2.05, 4.69) is 72.8 Å². The van der Waals surface area contributed by atoms with Crippen molar-refractivity contribution < 1.29 is 12.3 Å². The fraction of sp³-hybridized carbons (Fsp3) is 0. The van der Waals surface area contributed by atoms with Gasteiger partial charge in [0.1, 0.15) is 0 Å². The molecule has 0 bridgehead atoms. The van der Waals surface area contributed by atoms with Gasteiger partial charge in [0, 0.05) is 57.0 Å². The Morgan fingerprint density at radius 2 is 0.967 bits per heavy atom. The molecule has 0 fully saturated rings. The highest BCUT2D eigenvalue weighted by Gasteiger charge is 2.18. The molecule has 280 valence electrons. The van der Waals surface area contributed by atoms with Gasteiger partial charge < -0.3 is 0 Å². The lowest BCUT2D eigenvalue weighted by Crippen LogP contribution is -2.00. The number of hydrogen-bond donors (Lipinski definition) is 0. The number of rotatable bonds is 6. The van der Waals surface area contributed by atoms with Crippen LogP contribution >= 0.6 is 22.7 Å².